The Kier molecular flexibility index (Phi) is 3.51. The molecule has 1 aliphatic heterocycles. The standard InChI is InChI=1S/C12H17F3N4O/c1-11(2,3)6-9(20)18-4-5-19-8(7-18)16-17-10(19)12(13,14)15/h4-7H2,1-3H3. The lowest BCUT2D eigenvalue weighted by molar-refractivity contribution is -0.148. The van der Waals surface area contributed by atoms with Crippen LogP contribution in [0.2, 0.25) is 0 Å². The van der Waals surface area contributed by atoms with Crippen molar-refractivity contribution in [1.82, 2.24) is 19.7 Å². The molecule has 1 aromatic rings. The quantitative estimate of drug-likeness (QED) is 0.795. The Morgan fingerprint density at radius 3 is 2.40 bits per heavy atom. The van der Waals surface area contributed by atoms with Crippen LogP contribution in [-0.2, 0) is 24.1 Å². The number of carbonyl (C=O) groups excluding carboxylic acids is 1. The van der Waals surface area contributed by atoms with Crippen LogP contribution in [0.15, 0.2) is 0 Å². The number of hydrogen-bond donors (Lipinski definition) is 0. The number of carbonyl (C=O) groups is 1. The van der Waals surface area contributed by atoms with Gasteiger partial charge in [-0.1, -0.05) is 20.8 Å². The predicted octanol–water partition coefficient (Wildman–Crippen LogP) is 2.08. The molecule has 2 heterocycles. The van der Waals surface area contributed by atoms with E-state index in [1.54, 1.807) is 0 Å². The molecule has 1 amide bonds. The number of aromatic nitrogens is 3. The van der Waals surface area contributed by atoms with E-state index in [2.05, 4.69) is 10.2 Å². The van der Waals surface area contributed by atoms with Crippen molar-refractivity contribution in [3.63, 3.8) is 0 Å². The molecular formula is C12H17F3N4O. The zero-order chi connectivity index (χ0) is 15.1. The molecule has 1 aromatic heterocycles. The highest BCUT2D eigenvalue weighted by Gasteiger charge is 2.40. The third-order valence-electron chi connectivity index (χ3n) is 3.04. The Labute approximate surface area is 114 Å². The fourth-order valence-corrected chi connectivity index (χ4v) is 2.15. The molecule has 0 bridgehead atoms. The fourth-order valence-electron chi connectivity index (χ4n) is 2.15. The third kappa shape index (κ3) is 3.10. The van der Waals surface area contributed by atoms with E-state index in [1.807, 2.05) is 20.8 Å². The van der Waals surface area contributed by atoms with Crippen molar-refractivity contribution in [1.29, 1.82) is 0 Å². The lowest BCUT2D eigenvalue weighted by Crippen LogP contribution is -2.40. The van der Waals surface area contributed by atoms with Gasteiger partial charge in [-0.05, 0) is 5.41 Å². The van der Waals surface area contributed by atoms with Gasteiger partial charge in [0.15, 0.2) is 5.82 Å². The molecule has 0 fully saturated rings. The monoisotopic (exact) mass is 290 g/mol. The first-order valence-electron chi connectivity index (χ1n) is 6.35. The molecule has 0 radical (unpaired) electrons. The lowest BCUT2D eigenvalue weighted by Gasteiger charge is -2.30. The molecule has 5 nitrogen and oxygen atoms in total. The summed E-state index contributed by atoms with van der Waals surface area (Å²) in [6.07, 6.45) is -4.16. The van der Waals surface area contributed by atoms with Crippen molar-refractivity contribution >= 4 is 5.91 Å². The summed E-state index contributed by atoms with van der Waals surface area (Å²) in [4.78, 5) is 13.6. The van der Waals surface area contributed by atoms with E-state index in [1.165, 1.54) is 4.90 Å². The maximum absolute atomic E-state index is 12.7. The Hall–Kier alpha value is -1.60. The van der Waals surface area contributed by atoms with Crippen LogP contribution < -0.4 is 0 Å². The predicted molar refractivity (Wildman–Crippen MR) is 64.5 cm³/mol. The average Bonchev–Trinajstić information content (AvgIpc) is 2.68. The van der Waals surface area contributed by atoms with E-state index < -0.39 is 12.0 Å². The minimum Gasteiger partial charge on any atom is -0.333 e. The van der Waals surface area contributed by atoms with Gasteiger partial charge in [-0.25, -0.2) is 0 Å². The molecule has 8 heteroatoms. The Balaban J connectivity index is 2.13. The van der Waals surface area contributed by atoms with Crippen LogP contribution in [0.4, 0.5) is 13.2 Å². The molecule has 0 spiro atoms. The lowest BCUT2D eigenvalue weighted by atomic mass is 9.91. The molecule has 0 aliphatic carbocycles. The molecule has 0 aromatic carbocycles. The van der Waals surface area contributed by atoms with Gasteiger partial charge in [0.05, 0.1) is 6.54 Å². The van der Waals surface area contributed by atoms with Gasteiger partial charge < -0.3 is 9.47 Å². The van der Waals surface area contributed by atoms with Gasteiger partial charge in [0.2, 0.25) is 11.7 Å². The summed E-state index contributed by atoms with van der Waals surface area (Å²) in [5.74, 6) is -0.874. The second-order valence-corrected chi connectivity index (χ2v) is 6.14. The van der Waals surface area contributed by atoms with Crippen molar-refractivity contribution in [2.24, 2.45) is 5.41 Å². The molecule has 20 heavy (non-hydrogen) atoms. The van der Waals surface area contributed by atoms with Crippen LogP contribution in [0, 0.1) is 5.41 Å². The number of rotatable bonds is 1. The molecule has 0 saturated carbocycles. The van der Waals surface area contributed by atoms with E-state index in [-0.39, 0.29) is 36.8 Å². The molecule has 2 rings (SSSR count). The SMILES string of the molecule is CC(C)(C)CC(=O)N1CCn2c(nnc2C(F)(F)F)C1. The van der Waals surface area contributed by atoms with Crippen LogP contribution in [0.5, 0.6) is 0 Å². The maximum atomic E-state index is 12.7. The first-order chi connectivity index (χ1) is 9.08. The summed E-state index contributed by atoms with van der Waals surface area (Å²) in [5, 5.41) is 6.74. The van der Waals surface area contributed by atoms with Gasteiger partial charge in [-0.3, -0.25) is 4.79 Å². The van der Waals surface area contributed by atoms with E-state index in [0.29, 0.717) is 6.42 Å². The molecule has 0 saturated heterocycles. The highest BCUT2D eigenvalue weighted by Crippen LogP contribution is 2.30. The van der Waals surface area contributed by atoms with Gasteiger partial charge >= 0.3 is 6.18 Å². The normalized spacial score (nSPS) is 16.2. The van der Waals surface area contributed by atoms with Gasteiger partial charge in [0, 0.05) is 19.5 Å². The Bertz CT molecular complexity index is 516. The van der Waals surface area contributed by atoms with Crippen LogP contribution >= 0.6 is 0 Å². The summed E-state index contributed by atoms with van der Waals surface area (Å²) in [6.45, 7) is 6.24. The topological polar surface area (TPSA) is 51.0 Å². The largest absolute Gasteiger partial charge is 0.451 e. The van der Waals surface area contributed by atoms with Crippen molar-refractivity contribution in [3.05, 3.63) is 11.6 Å². The van der Waals surface area contributed by atoms with E-state index in [9.17, 15) is 18.0 Å². The van der Waals surface area contributed by atoms with Crippen LogP contribution in [0.1, 0.15) is 38.8 Å². The van der Waals surface area contributed by atoms with Crippen LogP contribution in [0.25, 0.3) is 0 Å². The number of nitrogens with zero attached hydrogens (tertiary/aromatic N) is 4. The zero-order valence-corrected chi connectivity index (χ0v) is 11.7. The van der Waals surface area contributed by atoms with Crippen molar-refractivity contribution in [2.45, 2.75) is 46.5 Å². The highest BCUT2D eigenvalue weighted by molar-refractivity contribution is 5.76. The minimum atomic E-state index is -4.51. The fraction of sp³-hybridized carbons (Fsp3) is 0.750. The van der Waals surface area contributed by atoms with E-state index >= 15 is 0 Å². The molecule has 0 atom stereocenters. The Morgan fingerprint density at radius 2 is 1.85 bits per heavy atom. The zero-order valence-electron chi connectivity index (χ0n) is 11.7. The number of amides is 1. The first-order valence-corrected chi connectivity index (χ1v) is 6.35. The number of alkyl halides is 3. The van der Waals surface area contributed by atoms with Gasteiger partial charge in [-0.15, -0.1) is 10.2 Å². The molecule has 1 aliphatic rings. The van der Waals surface area contributed by atoms with Crippen LogP contribution in [0.3, 0.4) is 0 Å². The Morgan fingerprint density at radius 1 is 1.20 bits per heavy atom. The van der Waals surface area contributed by atoms with E-state index in [4.69, 9.17) is 0 Å². The summed E-state index contributed by atoms with van der Waals surface area (Å²) in [5.41, 5.74) is -0.153. The molecule has 112 valence electrons. The number of hydrogen-bond acceptors (Lipinski definition) is 3. The second kappa shape index (κ2) is 4.75. The summed E-state index contributed by atoms with van der Waals surface area (Å²) >= 11 is 0. The smallest absolute Gasteiger partial charge is 0.333 e. The number of halogens is 3. The number of fused-ring (bicyclic) bond motifs is 1. The first kappa shape index (κ1) is 14.8. The van der Waals surface area contributed by atoms with E-state index in [0.717, 1.165) is 4.57 Å². The van der Waals surface area contributed by atoms with Crippen LogP contribution in [-0.4, -0.2) is 32.1 Å². The molecular weight excluding hydrogens is 273 g/mol. The minimum absolute atomic E-state index is 0.0692. The van der Waals surface area contributed by atoms with Gasteiger partial charge in [0.25, 0.3) is 0 Å². The van der Waals surface area contributed by atoms with Crippen molar-refractivity contribution < 1.29 is 18.0 Å². The average molecular weight is 290 g/mol. The second-order valence-electron chi connectivity index (χ2n) is 6.14. The van der Waals surface area contributed by atoms with Crippen molar-refractivity contribution in [2.75, 3.05) is 6.54 Å². The molecule has 0 unspecified atom stereocenters. The third-order valence-corrected chi connectivity index (χ3v) is 3.04. The molecule has 0 N–H and O–H groups in total. The highest BCUT2D eigenvalue weighted by atomic mass is 19.4. The summed E-state index contributed by atoms with van der Waals surface area (Å²) in [7, 11) is 0. The summed E-state index contributed by atoms with van der Waals surface area (Å²) in [6, 6.07) is 0. The van der Waals surface area contributed by atoms with Gasteiger partial charge in [0.1, 0.15) is 0 Å². The van der Waals surface area contributed by atoms with Crippen molar-refractivity contribution in [3.8, 4) is 0 Å². The summed E-state index contributed by atoms with van der Waals surface area (Å²) < 4.78 is 39.1. The van der Waals surface area contributed by atoms with Gasteiger partial charge in [-0.2, -0.15) is 13.2 Å². The maximum Gasteiger partial charge on any atom is 0.451 e.